The van der Waals surface area contributed by atoms with Gasteiger partial charge in [0.05, 0.1) is 6.54 Å². The van der Waals surface area contributed by atoms with Crippen LogP contribution in [0.3, 0.4) is 0 Å². The van der Waals surface area contributed by atoms with Gasteiger partial charge in [-0.15, -0.1) is 0 Å². The average molecular weight is 308 g/mol. The normalized spacial score (nSPS) is 15.0. The summed E-state index contributed by atoms with van der Waals surface area (Å²) in [6, 6.07) is 6.62. The van der Waals surface area contributed by atoms with Gasteiger partial charge in [0.1, 0.15) is 0 Å². The van der Waals surface area contributed by atoms with Crippen molar-refractivity contribution in [3.8, 4) is 11.5 Å². The van der Waals surface area contributed by atoms with E-state index in [1.165, 1.54) is 12.8 Å². The van der Waals surface area contributed by atoms with Crippen molar-refractivity contribution in [3.63, 3.8) is 0 Å². The van der Waals surface area contributed by atoms with Gasteiger partial charge in [-0.25, -0.2) is 0 Å². The van der Waals surface area contributed by atoms with Crippen molar-refractivity contribution in [1.29, 1.82) is 0 Å². The van der Waals surface area contributed by atoms with Crippen LogP contribution < -0.4 is 5.32 Å². The SMILES string of the molecule is Cc1c(Br)cccc1-c1nc(CNC2CC2)no1. The van der Waals surface area contributed by atoms with Gasteiger partial charge in [-0.1, -0.05) is 27.2 Å². The summed E-state index contributed by atoms with van der Waals surface area (Å²) < 4.78 is 6.37. The number of nitrogens with zero attached hydrogens (tertiary/aromatic N) is 2. The van der Waals surface area contributed by atoms with Crippen LogP contribution in [0, 0.1) is 6.92 Å². The smallest absolute Gasteiger partial charge is 0.258 e. The van der Waals surface area contributed by atoms with E-state index in [2.05, 4.69) is 31.4 Å². The predicted molar refractivity (Wildman–Crippen MR) is 72.0 cm³/mol. The van der Waals surface area contributed by atoms with E-state index in [-0.39, 0.29) is 0 Å². The molecule has 5 heteroatoms. The first kappa shape index (κ1) is 11.9. The molecule has 3 rings (SSSR count). The molecule has 1 aromatic heterocycles. The number of rotatable bonds is 4. The second-order valence-corrected chi connectivity index (χ2v) is 5.44. The molecule has 1 saturated carbocycles. The van der Waals surface area contributed by atoms with E-state index in [4.69, 9.17) is 4.52 Å². The van der Waals surface area contributed by atoms with Crippen LogP contribution in [0.25, 0.3) is 11.5 Å². The molecule has 1 fully saturated rings. The lowest BCUT2D eigenvalue weighted by Gasteiger charge is -2.01. The summed E-state index contributed by atoms with van der Waals surface area (Å²) in [4.78, 5) is 4.42. The van der Waals surface area contributed by atoms with Gasteiger partial charge in [0.2, 0.25) is 0 Å². The lowest BCUT2D eigenvalue weighted by molar-refractivity contribution is 0.419. The van der Waals surface area contributed by atoms with Gasteiger partial charge in [0.25, 0.3) is 5.89 Å². The molecule has 0 aliphatic heterocycles. The molecular weight excluding hydrogens is 294 g/mol. The van der Waals surface area contributed by atoms with Gasteiger partial charge < -0.3 is 9.84 Å². The molecule has 0 bridgehead atoms. The molecule has 94 valence electrons. The number of benzene rings is 1. The maximum atomic E-state index is 5.32. The molecule has 18 heavy (non-hydrogen) atoms. The molecule has 1 N–H and O–H groups in total. The highest BCUT2D eigenvalue weighted by Gasteiger charge is 2.21. The minimum absolute atomic E-state index is 0.585. The average Bonchev–Trinajstić information content (AvgIpc) is 3.08. The number of hydrogen-bond acceptors (Lipinski definition) is 4. The fourth-order valence-electron chi connectivity index (χ4n) is 1.80. The zero-order valence-corrected chi connectivity index (χ0v) is 11.7. The Morgan fingerprint density at radius 1 is 1.44 bits per heavy atom. The Labute approximate surface area is 114 Å². The third-order valence-corrected chi connectivity index (χ3v) is 3.95. The largest absolute Gasteiger partial charge is 0.334 e. The fraction of sp³-hybridized carbons (Fsp3) is 0.385. The van der Waals surface area contributed by atoms with Gasteiger partial charge in [-0.2, -0.15) is 4.98 Å². The number of halogens is 1. The summed E-state index contributed by atoms with van der Waals surface area (Å²) in [6.07, 6.45) is 2.52. The Bertz CT molecular complexity index is 563. The lowest BCUT2D eigenvalue weighted by Crippen LogP contribution is -2.16. The maximum absolute atomic E-state index is 5.32. The van der Waals surface area contributed by atoms with Crippen molar-refractivity contribution < 1.29 is 4.52 Å². The van der Waals surface area contributed by atoms with Crippen LogP contribution in [0.2, 0.25) is 0 Å². The second-order valence-electron chi connectivity index (χ2n) is 4.58. The van der Waals surface area contributed by atoms with Gasteiger partial charge in [-0.3, -0.25) is 0 Å². The minimum atomic E-state index is 0.585. The summed E-state index contributed by atoms with van der Waals surface area (Å²) in [6.45, 7) is 2.72. The Morgan fingerprint density at radius 3 is 3.06 bits per heavy atom. The highest BCUT2D eigenvalue weighted by molar-refractivity contribution is 9.10. The highest BCUT2D eigenvalue weighted by Crippen LogP contribution is 2.27. The van der Waals surface area contributed by atoms with Crippen LogP contribution in [-0.4, -0.2) is 16.2 Å². The molecular formula is C13H14BrN3O. The molecule has 0 unspecified atom stereocenters. The third kappa shape index (κ3) is 2.47. The number of nitrogens with one attached hydrogen (secondary N) is 1. The van der Waals surface area contributed by atoms with Crippen LogP contribution in [0.15, 0.2) is 27.2 Å². The second kappa shape index (κ2) is 4.82. The Kier molecular flexibility index (Phi) is 3.18. The standard InChI is InChI=1S/C13H14BrN3O/c1-8-10(3-2-4-11(8)14)13-16-12(17-18-13)7-15-9-5-6-9/h2-4,9,15H,5-7H2,1H3. The van der Waals surface area contributed by atoms with Gasteiger partial charge in [-0.05, 0) is 37.5 Å². The van der Waals surface area contributed by atoms with Gasteiger partial charge in [0.15, 0.2) is 5.82 Å². The van der Waals surface area contributed by atoms with Crippen molar-refractivity contribution in [3.05, 3.63) is 34.1 Å². The zero-order valence-electron chi connectivity index (χ0n) is 10.1. The molecule has 0 amide bonds. The summed E-state index contributed by atoms with van der Waals surface area (Å²) in [7, 11) is 0. The van der Waals surface area contributed by atoms with E-state index in [0.29, 0.717) is 18.5 Å². The van der Waals surface area contributed by atoms with Crippen LogP contribution >= 0.6 is 15.9 Å². The molecule has 1 aromatic carbocycles. The Balaban J connectivity index is 1.80. The predicted octanol–water partition coefficient (Wildman–Crippen LogP) is 3.06. The maximum Gasteiger partial charge on any atom is 0.258 e. The first-order valence-electron chi connectivity index (χ1n) is 6.05. The molecule has 0 saturated heterocycles. The van der Waals surface area contributed by atoms with E-state index in [0.717, 1.165) is 21.4 Å². The van der Waals surface area contributed by atoms with Gasteiger partial charge >= 0.3 is 0 Å². The quantitative estimate of drug-likeness (QED) is 0.943. The van der Waals surface area contributed by atoms with E-state index >= 15 is 0 Å². The molecule has 4 nitrogen and oxygen atoms in total. The molecule has 1 aliphatic carbocycles. The number of aromatic nitrogens is 2. The molecule has 1 heterocycles. The van der Waals surface area contributed by atoms with E-state index in [1.54, 1.807) is 0 Å². The Hall–Kier alpha value is -1.20. The van der Waals surface area contributed by atoms with Crippen molar-refractivity contribution in [1.82, 2.24) is 15.5 Å². The van der Waals surface area contributed by atoms with Crippen LogP contribution in [0.5, 0.6) is 0 Å². The first-order valence-corrected chi connectivity index (χ1v) is 6.85. The van der Waals surface area contributed by atoms with E-state index in [9.17, 15) is 0 Å². The van der Waals surface area contributed by atoms with Crippen molar-refractivity contribution in [2.75, 3.05) is 0 Å². The topological polar surface area (TPSA) is 51.0 Å². The van der Waals surface area contributed by atoms with E-state index in [1.807, 2.05) is 25.1 Å². The van der Waals surface area contributed by atoms with Crippen LogP contribution in [0.4, 0.5) is 0 Å². The van der Waals surface area contributed by atoms with E-state index < -0.39 is 0 Å². The number of hydrogen-bond donors (Lipinski definition) is 1. The highest BCUT2D eigenvalue weighted by atomic mass is 79.9. The molecule has 0 radical (unpaired) electrons. The summed E-state index contributed by atoms with van der Waals surface area (Å²) in [5, 5.41) is 7.37. The van der Waals surface area contributed by atoms with Crippen molar-refractivity contribution in [2.45, 2.75) is 32.4 Å². The monoisotopic (exact) mass is 307 g/mol. The Morgan fingerprint density at radius 2 is 2.28 bits per heavy atom. The van der Waals surface area contributed by atoms with Crippen molar-refractivity contribution in [2.24, 2.45) is 0 Å². The summed E-state index contributed by atoms with van der Waals surface area (Å²) >= 11 is 3.51. The van der Waals surface area contributed by atoms with Crippen molar-refractivity contribution >= 4 is 15.9 Å². The van der Waals surface area contributed by atoms with Gasteiger partial charge in [0, 0.05) is 16.1 Å². The molecule has 1 aliphatic rings. The minimum Gasteiger partial charge on any atom is -0.334 e. The molecule has 0 spiro atoms. The fourth-order valence-corrected chi connectivity index (χ4v) is 2.16. The lowest BCUT2D eigenvalue weighted by atomic mass is 10.1. The van der Waals surface area contributed by atoms with Crippen LogP contribution in [0.1, 0.15) is 24.2 Å². The van der Waals surface area contributed by atoms with Crippen LogP contribution in [-0.2, 0) is 6.54 Å². The molecule has 0 atom stereocenters. The zero-order chi connectivity index (χ0) is 12.5. The summed E-state index contributed by atoms with van der Waals surface area (Å²) in [5.74, 6) is 1.30. The molecule has 2 aromatic rings. The summed E-state index contributed by atoms with van der Waals surface area (Å²) in [5.41, 5.74) is 2.09. The third-order valence-electron chi connectivity index (χ3n) is 3.09. The first-order chi connectivity index (χ1) is 8.74.